The Kier molecular flexibility index (Phi) is 16.1. The first kappa shape index (κ1) is 39.2. The molecule has 13 heteroatoms. The van der Waals surface area contributed by atoms with Gasteiger partial charge in [0.1, 0.15) is 23.0 Å². The second kappa shape index (κ2) is 21.0. The van der Waals surface area contributed by atoms with Crippen LogP contribution in [0.25, 0.3) is 0 Å². The Morgan fingerprint density at radius 1 is 0.549 bits per heavy atom. The first-order valence-corrected chi connectivity index (χ1v) is 16.0. The summed E-state index contributed by atoms with van der Waals surface area (Å²) in [5.41, 5.74) is 0.903. The number of hydrogen-bond donors (Lipinski definition) is 0. The molecule has 268 valence electrons. The summed E-state index contributed by atoms with van der Waals surface area (Å²) < 4.78 is 36.0. The largest absolute Gasteiger partial charge is 0.513 e. The van der Waals surface area contributed by atoms with Crippen LogP contribution in [0, 0.1) is 6.92 Å². The number of ether oxygens (including phenoxy) is 7. The summed E-state index contributed by atoms with van der Waals surface area (Å²) in [5, 5.41) is 0. The van der Waals surface area contributed by atoms with Crippen LogP contribution in [-0.2, 0) is 23.8 Å². The summed E-state index contributed by atoms with van der Waals surface area (Å²) >= 11 is 0. The summed E-state index contributed by atoms with van der Waals surface area (Å²) in [5.74, 6) is -1.11. The lowest BCUT2D eigenvalue weighted by Crippen LogP contribution is -2.13. The van der Waals surface area contributed by atoms with Gasteiger partial charge in [-0.05, 0) is 117 Å². The predicted octanol–water partition coefficient (Wildman–Crippen LogP) is 7.29. The van der Waals surface area contributed by atoms with Crippen molar-refractivity contribution >= 4 is 36.0 Å². The van der Waals surface area contributed by atoms with Gasteiger partial charge in [-0.1, -0.05) is 13.2 Å². The highest BCUT2D eigenvalue weighted by atomic mass is 16.7. The number of aryl methyl sites for hydroxylation is 1. The zero-order chi connectivity index (χ0) is 37.0. The Balaban J connectivity index is 1.40. The van der Waals surface area contributed by atoms with E-state index in [1.807, 2.05) is 0 Å². The Hall–Kier alpha value is -6.24. The number of esters is 3. The van der Waals surface area contributed by atoms with E-state index in [1.54, 1.807) is 6.92 Å². The summed E-state index contributed by atoms with van der Waals surface area (Å²) in [7, 11) is 0. The van der Waals surface area contributed by atoms with E-state index in [0.717, 1.165) is 6.08 Å². The molecule has 0 atom stereocenters. The van der Waals surface area contributed by atoms with Crippen LogP contribution in [0.5, 0.6) is 23.0 Å². The second-order valence-electron chi connectivity index (χ2n) is 10.7. The SMILES string of the molecule is C=CC(=O)CCCCCOC(=O)Oc1ccc(C(=O)Oc2ccc(OC(=O)c3ccc(OC(=O)OCCCCOC(=O)C=C)cc3)cc2C)cc1. The first-order valence-electron chi connectivity index (χ1n) is 16.0. The van der Waals surface area contributed by atoms with Gasteiger partial charge in [-0.25, -0.2) is 24.0 Å². The number of carbonyl (C=O) groups excluding carboxylic acids is 6. The highest BCUT2D eigenvalue weighted by Gasteiger charge is 2.15. The maximum absolute atomic E-state index is 12.7. The standard InChI is InChI=1S/C38H38O13/c1-4-29(39)11-7-6-8-23-46-37(43)49-31-18-14-28(15-19-31)36(42)51-33-21-20-32(25-26(33)3)48-35(41)27-12-16-30(17-13-27)50-38(44)47-24-10-9-22-45-34(40)5-2/h4-5,12-21,25H,1-2,6-11,22-24H2,3H3. The van der Waals surface area contributed by atoms with E-state index in [2.05, 4.69) is 13.2 Å². The van der Waals surface area contributed by atoms with E-state index in [4.69, 9.17) is 33.2 Å². The maximum Gasteiger partial charge on any atom is 0.513 e. The number of rotatable bonds is 19. The van der Waals surface area contributed by atoms with Crippen LogP contribution in [0.3, 0.4) is 0 Å². The predicted molar refractivity (Wildman–Crippen MR) is 182 cm³/mol. The number of allylic oxidation sites excluding steroid dienone is 1. The van der Waals surface area contributed by atoms with Gasteiger partial charge in [-0.3, -0.25) is 4.79 Å². The lowest BCUT2D eigenvalue weighted by atomic mass is 10.1. The number of carbonyl (C=O) groups is 6. The molecular weight excluding hydrogens is 664 g/mol. The number of benzene rings is 3. The number of unbranched alkanes of at least 4 members (excludes halogenated alkanes) is 3. The molecule has 0 amide bonds. The van der Waals surface area contributed by atoms with E-state index in [-0.39, 0.29) is 59.7 Å². The van der Waals surface area contributed by atoms with Crippen LogP contribution in [0.2, 0.25) is 0 Å². The monoisotopic (exact) mass is 702 g/mol. The van der Waals surface area contributed by atoms with Crippen molar-refractivity contribution < 1.29 is 61.9 Å². The zero-order valence-electron chi connectivity index (χ0n) is 28.1. The molecule has 51 heavy (non-hydrogen) atoms. The van der Waals surface area contributed by atoms with Crippen molar-refractivity contribution in [3.63, 3.8) is 0 Å². The second-order valence-corrected chi connectivity index (χ2v) is 10.7. The minimum absolute atomic E-state index is 0.0249. The van der Waals surface area contributed by atoms with Crippen LogP contribution in [0.15, 0.2) is 92.0 Å². The van der Waals surface area contributed by atoms with Gasteiger partial charge in [-0.15, -0.1) is 0 Å². The smallest absolute Gasteiger partial charge is 0.463 e. The van der Waals surface area contributed by atoms with Crippen molar-refractivity contribution in [2.75, 3.05) is 19.8 Å². The van der Waals surface area contributed by atoms with Gasteiger partial charge in [0.25, 0.3) is 0 Å². The molecule has 3 aromatic rings. The minimum atomic E-state index is -0.924. The van der Waals surface area contributed by atoms with Crippen molar-refractivity contribution in [1.82, 2.24) is 0 Å². The van der Waals surface area contributed by atoms with Gasteiger partial charge in [0.05, 0.1) is 30.9 Å². The van der Waals surface area contributed by atoms with Crippen molar-refractivity contribution in [3.05, 3.63) is 109 Å². The van der Waals surface area contributed by atoms with Crippen LogP contribution < -0.4 is 18.9 Å². The summed E-state index contributed by atoms with van der Waals surface area (Å²) in [6, 6.07) is 15.8. The van der Waals surface area contributed by atoms with Crippen LogP contribution in [0.1, 0.15) is 64.8 Å². The molecule has 0 N–H and O–H groups in total. The Labute approximate surface area is 294 Å². The van der Waals surface area contributed by atoms with Gasteiger partial charge in [0.2, 0.25) is 0 Å². The molecule has 0 aliphatic heterocycles. The number of ketones is 1. The van der Waals surface area contributed by atoms with Crippen LogP contribution in [-0.4, -0.2) is 55.8 Å². The molecule has 0 spiro atoms. The molecule has 0 heterocycles. The average Bonchev–Trinajstić information content (AvgIpc) is 3.12. The lowest BCUT2D eigenvalue weighted by Gasteiger charge is -2.11. The van der Waals surface area contributed by atoms with E-state index >= 15 is 0 Å². The van der Waals surface area contributed by atoms with Crippen LogP contribution >= 0.6 is 0 Å². The molecule has 0 saturated carbocycles. The minimum Gasteiger partial charge on any atom is -0.463 e. The molecule has 13 nitrogen and oxygen atoms in total. The first-order chi connectivity index (χ1) is 24.6. The van der Waals surface area contributed by atoms with Gasteiger partial charge in [-0.2, -0.15) is 0 Å². The fourth-order valence-electron chi connectivity index (χ4n) is 4.12. The highest BCUT2D eigenvalue weighted by molar-refractivity contribution is 5.92. The molecule has 3 rings (SSSR count). The molecule has 0 aromatic heterocycles. The summed E-state index contributed by atoms with van der Waals surface area (Å²) in [6.07, 6.45) is 3.88. The third kappa shape index (κ3) is 14.4. The highest BCUT2D eigenvalue weighted by Crippen LogP contribution is 2.26. The third-order valence-corrected chi connectivity index (χ3v) is 6.83. The van der Waals surface area contributed by atoms with E-state index in [9.17, 15) is 28.8 Å². The molecule has 0 aliphatic carbocycles. The maximum atomic E-state index is 12.7. The van der Waals surface area contributed by atoms with Gasteiger partial charge >= 0.3 is 30.2 Å². The average molecular weight is 703 g/mol. The molecular formula is C38H38O13. The Morgan fingerprint density at radius 3 is 1.55 bits per heavy atom. The molecule has 0 fully saturated rings. The normalized spacial score (nSPS) is 10.2. The zero-order valence-corrected chi connectivity index (χ0v) is 28.1. The lowest BCUT2D eigenvalue weighted by molar-refractivity contribution is -0.137. The molecule has 0 unspecified atom stereocenters. The van der Waals surface area contributed by atoms with Crippen molar-refractivity contribution in [1.29, 1.82) is 0 Å². The molecule has 0 saturated heterocycles. The number of hydrogen-bond acceptors (Lipinski definition) is 13. The third-order valence-electron chi connectivity index (χ3n) is 6.83. The van der Waals surface area contributed by atoms with E-state index < -0.39 is 30.2 Å². The molecule has 3 aromatic carbocycles. The van der Waals surface area contributed by atoms with Gasteiger partial charge in [0.15, 0.2) is 5.78 Å². The fourth-order valence-corrected chi connectivity index (χ4v) is 4.12. The summed E-state index contributed by atoms with van der Waals surface area (Å²) in [4.78, 5) is 71.4. The van der Waals surface area contributed by atoms with Crippen molar-refractivity contribution in [2.45, 2.75) is 45.4 Å². The quantitative estimate of drug-likeness (QED) is 0.0305. The molecule has 0 bridgehead atoms. The Morgan fingerprint density at radius 2 is 1.04 bits per heavy atom. The topological polar surface area (TPSA) is 167 Å². The van der Waals surface area contributed by atoms with E-state index in [0.29, 0.717) is 44.1 Å². The van der Waals surface area contributed by atoms with Crippen LogP contribution in [0.4, 0.5) is 9.59 Å². The van der Waals surface area contributed by atoms with Crippen molar-refractivity contribution in [3.8, 4) is 23.0 Å². The van der Waals surface area contributed by atoms with E-state index in [1.165, 1.54) is 72.8 Å². The van der Waals surface area contributed by atoms with Gasteiger partial charge < -0.3 is 33.2 Å². The fraction of sp³-hybridized carbons (Fsp3) is 0.263. The molecule has 0 radical (unpaired) electrons. The van der Waals surface area contributed by atoms with Crippen molar-refractivity contribution in [2.24, 2.45) is 0 Å². The Bertz CT molecular complexity index is 1690. The van der Waals surface area contributed by atoms with Gasteiger partial charge in [0, 0.05) is 12.5 Å². The molecule has 0 aliphatic rings. The summed E-state index contributed by atoms with van der Waals surface area (Å²) in [6.45, 7) is 8.79.